The number of anilines is 1. The van der Waals surface area contributed by atoms with Gasteiger partial charge in [-0.3, -0.25) is 9.78 Å². The smallest absolute Gasteiger partial charge is 0.261 e. The third-order valence-electron chi connectivity index (χ3n) is 3.58. The van der Waals surface area contributed by atoms with Gasteiger partial charge in [0.05, 0.1) is 10.6 Å². The number of para-hydroxylation sites is 1. The third kappa shape index (κ3) is 2.29. The Hall–Kier alpha value is -1.87. The molecule has 0 fully saturated rings. The lowest BCUT2D eigenvalue weighted by Gasteiger charge is -2.29. The van der Waals surface area contributed by atoms with Gasteiger partial charge in [-0.25, -0.2) is 0 Å². The Morgan fingerprint density at radius 1 is 1.35 bits per heavy atom. The summed E-state index contributed by atoms with van der Waals surface area (Å²) in [6.45, 7) is 2.58. The zero-order chi connectivity index (χ0) is 14.1. The number of hydrogen-bond donors (Lipinski definition) is 0. The Kier molecular flexibility index (Phi) is 3.45. The van der Waals surface area contributed by atoms with E-state index < -0.39 is 0 Å². The van der Waals surface area contributed by atoms with Crippen LogP contribution in [0.3, 0.4) is 0 Å². The van der Waals surface area contributed by atoms with Crippen molar-refractivity contribution in [1.29, 1.82) is 0 Å². The summed E-state index contributed by atoms with van der Waals surface area (Å²) in [5, 5.41) is 0.463. The Morgan fingerprint density at radius 3 is 2.95 bits per heavy atom. The maximum Gasteiger partial charge on any atom is 0.261 e. The maximum atomic E-state index is 12.7. The van der Waals surface area contributed by atoms with E-state index >= 15 is 0 Å². The van der Waals surface area contributed by atoms with Crippen molar-refractivity contribution in [2.75, 3.05) is 11.4 Å². The number of benzene rings is 1. The molecule has 0 N–H and O–H groups in total. The predicted molar refractivity (Wildman–Crippen MR) is 80.4 cm³/mol. The minimum Gasteiger partial charge on any atom is -0.308 e. The summed E-state index contributed by atoms with van der Waals surface area (Å²) < 4.78 is 0. The average molecular weight is 287 g/mol. The normalized spacial score (nSPS) is 14.0. The van der Waals surface area contributed by atoms with Crippen LogP contribution in [0.25, 0.3) is 0 Å². The topological polar surface area (TPSA) is 33.2 Å². The highest BCUT2D eigenvalue weighted by Gasteiger charge is 2.24. The number of amides is 1. The molecule has 0 aliphatic carbocycles. The molecule has 2 heterocycles. The number of rotatable bonds is 1. The Balaban J connectivity index is 2.00. The SMILES string of the molecule is Cc1cc(Cl)c(C(=O)N2CCCc3ccccc32)cn1. The van der Waals surface area contributed by atoms with Gasteiger partial charge in [0.25, 0.3) is 5.91 Å². The second-order valence-corrected chi connectivity index (χ2v) is 5.40. The second kappa shape index (κ2) is 5.25. The molecule has 0 atom stereocenters. The van der Waals surface area contributed by atoms with Gasteiger partial charge >= 0.3 is 0 Å². The van der Waals surface area contributed by atoms with E-state index in [1.807, 2.05) is 25.1 Å². The van der Waals surface area contributed by atoms with E-state index in [2.05, 4.69) is 11.1 Å². The third-order valence-corrected chi connectivity index (χ3v) is 3.89. The van der Waals surface area contributed by atoms with E-state index in [0.29, 0.717) is 10.6 Å². The van der Waals surface area contributed by atoms with Crippen LogP contribution in [-0.4, -0.2) is 17.4 Å². The molecule has 3 nitrogen and oxygen atoms in total. The molecule has 3 rings (SSSR count). The monoisotopic (exact) mass is 286 g/mol. The van der Waals surface area contributed by atoms with Crippen molar-refractivity contribution in [2.45, 2.75) is 19.8 Å². The van der Waals surface area contributed by atoms with Gasteiger partial charge in [-0.2, -0.15) is 0 Å². The zero-order valence-corrected chi connectivity index (χ0v) is 12.0. The Morgan fingerprint density at radius 2 is 2.15 bits per heavy atom. The second-order valence-electron chi connectivity index (χ2n) is 4.99. The first-order valence-electron chi connectivity index (χ1n) is 6.69. The summed E-state index contributed by atoms with van der Waals surface area (Å²) in [7, 11) is 0. The van der Waals surface area contributed by atoms with E-state index in [1.54, 1.807) is 17.2 Å². The number of halogens is 1. The first-order valence-corrected chi connectivity index (χ1v) is 7.06. The molecule has 1 aromatic carbocycles. The van der Waals surface area contributed by atoms with Crippen molar-refractivity contribution in [3.63, 3.8) is 0 Å². The number of pyridine rings is 1. The van der Waals surface area contributed by atoms with Gasteiger partial charge in [0.2, 0.25) is 0 Å². The molecule has 2 aromatic rings. The van der Waals surface area contributed by atoms with Gasteiger partial charge in [0, 0.05) is 24.1 Å². The molecule has 0 unspecified atom stereocenters. The molecule has 1 aliphatic heterocycles. The number of carbonyl (C=O) groups is 1. The van der Waals surface area contributed by atoms with Crippen LogP contribution in [0.2, 0.25) is 5.02 Å². The molecule has 1 aliphatic rings. The van der Waals surface area contributed by atoms with E-state index in [1.165, 1.54) is 5.56 Å². The quantitative estimate of drug-likeness (QED) is 0.802. The van der Waals surface area contributed by atoms with Crippen LogP contribution in [0.4, 0.5) is 5.69 Å². The fourth-order valence-corrected chi connectivity index (χ4v) is 2.86. The van der Waals surface area contributed by atoms with E-state index in [4.69, 9.17) is 11.6 Å². The first kappa shape index (κ1) is 13.1. The number of nitrogens with zero attached hydrogens (tertiary/aromatic N) is 2. The van der Waals surface area contributed by atoms with Crippen LogP contribution in [0, 0.1) is 6.92 Å². The average Bonchev–Trinajstić information content (AvgIpc) is 2.46. The lowest BCUT2D eigenvalue weighted by molar-refractivity contribution is 0.0985. The summed E-state index contributed by atoms with van der Waals surface area (Å²) in [5.74, 6) is -0.0744. The van der Waals surface area contributed by atoms with E-state index in [-0.39, 0.29) is 5.91 Å². The highest BCUT2D eigenvalue weighted by Crippen LogP contribution is 2.29. The van der Waals surface area contributed by atoms with Crippen molar-refractivity contribution in [2.24, 2.45) is 0 Å². The lowest BCUT2D eigenvalue weighted by Crippen LogP contribution is -2.35. The molecule has 0 bridgehead atoms. The Bertz CT molecular complexity index is 669. The van der Waals surface area contributed by atoms with Gasteiger partial charge in [-0.05, 0) is 37.5 Å². The number of aromatic nitrogens is 1. The number of hydrogen-bond acceptors (Lipinski definition) is 2. The van der Waals surface area contributed by atoms with Crippen LogP contribution in [0.5, 0.6) is 0 Å². The highest BCUT2D eigenvalue weighted by atomic mass is 35.5. The molecule has 102 valence electrons. The molecule has 1 aromatic heterocycles. The van der Waals surface area contributed by atoms with Crippen molar-refractivity contribution in [1.82, 2.24) is 4.98 Å². The molecule has 0 saturated carbocycles. The molecule has 0 radical (unpaired) electrons. The number of carbonyl (C=O) groups excluding carboxylic acids is 1. The summed E-state index contributed by atoms with van der Waals surface area (Å²) in [6.07, 6.45) is 3.55. The van der Waals surface area contributed by atoms with Crippen LogP contribution in [0.15, 0.2) is 36.5 Å². The first-order chi connectivity index (χ1) is 9.66. The largest absolute Gasteiger partial charge is 0.308 e. The molecule has 0 spiro atoms. The predicted octanol–water partition coefficient (Wildman–Crippen LogP) is 3.64. The van der Waals surface area contributed by atoms with Gasteiger partial charge in [0.1, 0.15) is 0 Å². The minimum atomic E-state index is -0.0744. The van der Waals surface area contributed by atoms with Crippen LogP contribution < -0.4 is 4.90 Å². The zero-order valence-electron chi connectivity index (χ0n) is 11.3. The highest BCUT2D eigenvalue weighted by molar-refractivity contribution is 6.34. The summed E-state index contributed by atoms with van der Waals surface area (Å²) in [6, 6.07) is 9.75. The van der Waals surface area contributed by atoms with Gasteiger partial charge in [-0.15, -0.1) is 0 Å². The van der Waals surface area contributed by atoms with Crippen molar-refractivity contribution in [3.8, 4) is 0 Å². The molecule has 4 heteroatoms. The molecule has 1 amide bonds. The molecular weight excluding hydrogens is 272 g/mol. The lowest BCUT2D eigenvalue weighted by atomic mass is 10.0. The van der Waals surface area contributed by atoms with Crippen LogP contribution in [0.1, 0.15) is 28.0 Å². The number of aryl methyl sites for hydroxylation is 2. The molecule has 0 saturated heterocycles. The van der Waals surface area contributed by atoms with Gasteiger partial charge in [-0.1, -0.05) is 29.8 Å². The Labute approximate surface area is 123 Å². The fourth-order valence-electron chi connectivity index (χ4n) is 2.57. The fraction of sp³-hybridized carbons (Fsp3) is 0.250. The van der Waals surface area contributed by atoms with Crippen LogP contribution >= 0.6 is 11.6 Å². The summed E-state index contributed by atoms with van der Waals surface area (Å²) in [5.41, 5.74) is 3.48. The molecular formula is C16H15ClN2O. The minimum absolute atomic E-state index is 0.0744. The van der Waals surface area contributed by atoms with Crippen molar-refractivity contribution < 1.29 is 4.79 Å². The van der Waals surface area contributed by atoms with Crippen LogP contribution in [-0.2, 0) is 6.42 Å². The maximum absolute atomic E-state index is 12.7. The van der Waals surface area contributed by atoms with Gasteiger partial charge in [0.15, 0.2) is 0 Å². The van der Waals surface area contributed by atoms with Gasteiger partial charge < -0.3 is 4.90 Å². The van der Waals surface area contributed by atoms with E-state index in [0.717, 1.165) is 30.8 Å². The van der Waals surface area contributed by atoms with Crippen molar-refractivity contribution >= 4 is 23.2 Å². The number of fused-ring (bicyclic) bond motifs is 1. The molecule has 20 heavy (non-hydrogen) atoms. The summed E-state index contributed by atoms with van der Waals surface area (Å²) >= 11 is 6.18. The van der Waals surface area contributed by atoms with E-state index in [9.17, 15) is 4.79 Å². The summed E-state index contributed by atoms with van der Waals surface area (Å²) in [4.78, 5) is 18.7. The van der Waals surface area contributed by atoms with Crippen molar-refractivity contribution in [3.05, 3.63) is 58.4 Å². The standard InChI is InChI=1S/C16H15ClN2O/c1-11-9-14(17)13(10-18-11)16(20)19-8-4-6-12-5-2-3-7-15(12)19/h2-3,5,7,9-10H,4,6,8H2,1H3.